The number of nitrogens with one attached hydrogen (secondary N) is 1. The number of aromatic nitrogens is 1. The van der Waals surface area contributed by atoms with Crippen LogP contribution >= 0.6 is 0 Å². The fourth-order valence-corrected chi connectivity index (χ4v) is 2.20. The molecule has 108 valence electrons. The van der Waals surface area contributed by atoms with Crippen LogP contribution in [0.2, 0.25) is 0 Å². The zero-order valence-electron chi connectivity index (χ0n) is 12.6. The summed E-state index contributed by atoms with van der Waals surface area (Å²) >= 11 is 0. The molecule has 0 fully saturated rings. The average Bonchev–Trinajstić information content (AvgIpc) is 2.47. The molecule has 0 spiro atoms. The lowest BCUT2D eigenvalue weighted by Crippen LogP contribution is -2.13. The number of pyridine rings is 1. The fraction of sp³-hybridized carbons (Fsp3) is 0.176. The summed E-state index contributed by atoms with van der Waals surface area (Å²) in [6.45, 7) is 7.95. The molecule has 0 aliphatic carbocycles. The number of anilines is 1. The topological polar surface area (TPSA) is 45.2 Å². The molecule has 0 aliphatic heterocycles. The number of nitrogens with zero attached hydrogens (tertiary/aromatic N) is 2. The molecule has 0 unspecified atom stereocenters. The van der Waals surface area contributed by atoms with E-state index < -0.39 is 0 Å². The van der Waals surface area contributed by atoms with Gasteiger partial charge in [0.2, 0.25) is 6.41 Å². The van der Waals surface area contributed by atoms with Crippen molar-refractivity contribution in [3.05, 3.63) is 54.4 Å². The van der Waals surface area contributed by atoms with Crippen molar-refractivity contribution in [1.29, 1.82) is 0 Å². The predicted octanol–water partition coefficient (Wildman–Crippen LogP) is 3.63. The second-order valence-electron chi connectivity index (χ2n) is 4.86. The summed E-state index contributed by atoms with van der Waals surface area (Å²) in [7, 11) is 1.99. The maximum absolute atomic E-state index is 10.5. The third-order valence-electron chi connectivity index (χ3n) is 3.43. The molecule has 2 aromatic rings. The Hall–Kier alpha value is -2.62. The van der Waals surface area contributed by atoms with Crippen molar-refractivity contribution < 1.29 is 4.79 Å². The molecule has 1 heterocycles. The summed E-state index contributed by atoms with van der Waals surface area (Å²) in [5.74, 6) is 0.546. The predicted molar refractivity (Wildman–Crippen MR) is 87.7 cm³/mol. The van der Waals surface area contributed by atoms with Gasteiger partial charge in [0.05, 0.1) is 0 Å². The van der Waals surface area contributed by atoms with Crippen molar-refractivity contribution >= 4 is 28.7 Å². The van der Waals surface area contributed by atoms with E-state index in [9.17, 15) is 4.79 Å². The van der Waals surface area contributed by atoms with Gasteiger partial charge in [-0.2, -0.15) is 0 Å². The molecule has 4 heteroatoms. The zero-order chi connectivity index (χ0) is 15.4. The SMILES string of the molecule is C=C(C)N(C)/C(=C\C)c1ccc2cnc(NC=O)cc2c1. The van der Waals surface area contributed by atoms with Crippen molar-refractivity contribution in [2.45, 2.75) is 13.8 Å². The quantitative estimate of drug-likeness (QED) is 0.851. The summed E-state index contributed by atoms with van der Waals surface area (Å²) in [6.07, 6.45) is 4.44. The molecule has 4 nitrogen and oxygen atoms in total. The second-order valence-corrected chi connectivity index (χ2v) is 4.86. The lowest BCUT2D eigenvalue weighted by atomic mass is 10.1. The highest BCUT2D eigenvalue weighted by molar-refractivity contribution is 5.88. The third-order valence-corrected chi connectivity index (χ3v) is 3.43. The molecule has 0 radical (unpaired) electrons. The first-order chi connectivity index (χ1) is 10.1. The van der Waals surface area contributed by atoms with Gasteiger partial charge in [-0.1, -0.05) is 24.8 Å². The first-order valence-electron chi connectivity index (χ1n) is 6.72. The lowest BCUT2D eigenvalue weighted by Gasteiger charge is -2.23. The average molecular weight is 281 g/mol. The Balaban J connectivity index is 2.49. The largest absolute Gasteiger partial charge is 0.349 e. The van der Waals surface area contributed by atoms with E-state index in [1.54, 1.807) is 6.20 Å². The zero-order valence-corrected chi connectivity index (χ0v) is 12.6. The normalized spacial score (nSPS) is 11.3. The molecule has 21 heavy (non-hydrogen) atoms. The van der Waals surface area contributed by atoms with Crippen LogP contribution in [-0.2, 0) is 4.79 Å². The smallest absolute Gasteiger partial charge is 0.212 e. The minimum Gasteiger partial charge on any atom is -0.349 e. The number of hydrogen-bond acceptors (Lipinski definition) is 3. The fourth-order valence-electron chi connectivity index (χ4n) is 2.20. The molecular formula is C17H19N3O. The van der Waals surface area contributed by atoms with Crippen LogP contribution < -0.4 is 5.32 Å². The third kappa shape index (κ3) is 3.11. The van der Waals surface area contributed by atoms with Crippen molar-refractivity contribution in [3.8, 4) is 0 Å². The van der Waals surface area contributed by atoms with E-state index in [1.807, 2.05) is 37.9 Å². The minimum absolute atomic E-state index is 0.546. The Morgan fingerprint density at radius 1 is 1.33 bits per heavy atom. The lowest BCUT2D eigenvalue weighted by molar-refractivity contribution is -0.105. The van der Waals surface area contributed by atoms with Crippen LogP contribution in [0.25, 0.3) is 16.5 Å². The summed E-state index contributed by atoms with van der Waals surface area (Å²) in [4.78, 5) is 16.7. The molecule has 0 aliphatic rings. The molecular weight excluding hydrogens is 262 g/mol. The van der Waals surface area contributed by atoms with E-state index in [1.165, 1.54) is 0 Å². The first kappa shape index (κ1) is 14.8. The minimum atomic E-state index is 0.546. The molecule has 2 rings (SSSR count). The van der Waals surface area contributed by atoms with Gasteiger partial charge in [-0.3, -0.25) is 4.79 Å². The van der Waals surface area contributed by atoms with Gasteiger partial charge in [0.1, 0.15) is 5.82 Å². The van der Waals surface area contributed by atoms with Crippen LogP contribution in [0, 0.1) is 0 Å². The van der Waals surface area contributed by atoms with Gasteiger partial charge in [-0.05, 0) is 36.9 Å². The number of fused-ring (bicyclic) bond motifs is 1. The van der Waals surface area contributed by atoms with Gasteiger partial charge in [0, 0.05) is 30.0 Å². The van der Waals surface area contributed by atoms with E-state index in [4.69, 9.17) is 0 Å². The van der Waals surface area contributed by atoms with Gasteiger partial charge >= 0.3 is 0 Å². The van der Waals surface area contributed by atoms with Crippen molar-refractivity contribution in [1.82, 2.24) is 9.88 Å². The van der Waals surface area contributed by atoms with E-state index in [0.717, 1.165) is 27.7 Å². The molecule has 1 aromatic carbocycles. The van der Waals surface area contributed by atoms with Gasteiger partial charge < -0.3 is 10.2 Å². The second kappa shape index (κ2) is 6.22. The Morgan fingerprint density at radius 3 is 2.71 bits per heavy atom. The number of allylic oxidation sites excluding steroid dienone is 2. The Kier molecular flexibility index (Phi) is 4.38. The van der Waals surface area contributed by atoms with Gasteiger partial charge in [-0.25, -0.2) is 4.98 Å². The molecule has 1 amide bonds. The van der Waals surface area contributed by atoms with Crippen molar-refractivity contribution in [3.63, 3.8) is 0 Å². The van der Waals surface area contributed by atoms with E-state index in [2.05, 4.69) is 35.1 Å². The van der Waals surface area contributed by atoms with Crippen LogP contribution in [0.15, 0.2) is 48.8 Å². The highest BCUT2D eigenvalue weighted by Crippen LogP contribution is 2.25. The summed E-state index contributed by atoms with van der Waals surface area (Å²) < 4.78 is 0. The summed E-state index contributed by atoms with van der Waals surface area (Å²) in [5, 5.41) is 4.63. The molecule has 0 saturated carbocycles. The number of hydrogen-bond donors (Lipinski definition) is 1. The maximum Gasteiger partial charge on any atom is 0.212 e. The molecule has 1 aromatic heterocycles. The highest BCUT2D eigenvalue weighted by atomic mass is 16.1. The number of carbonyl (C=O) groups is 1. The van der Waals surface area contributed by atoms with E-state index in [-0.39, 0.29) is 0 Å². The van der Waals surface area contributed by atoms with Gasteiger partial charge in [-0.15, -0.1) is 0 Å². The molecule has 1 N–H and O–H groups in total. The van der Waals surface area contributed by atoms with E-state index in [0.29, 0.717) is 12.2 Å². The van der Waals surface area contributed by atoms with Crippen LogP contribution in [0.3, 0.4) is 0 Å². The highest BCUT2D eigenvalue weighted by Gasteiger charge is 2.08. The van der Waals surface area contributed by atoms with E-state index >= 15 is 0 Å². The molecule has 0 bridgehead atoms. The summed E-state index contributed by atoms with van der Waals surface area (Å²) in [6, 6.07) is 8.03. The molecule has 0 saturated heterocycles. The van der Waals surface area contributed by atoms with Crippen molar-refractivity contribution in [2.75, 3.05) is 12.4 Å². The number of carbonyl (C=O) groups excluding carboxylic acids is 1. The number of rotatable bonds is 5. The van der Waals surface area contributed by atoms with Crippen LogP contribution in [0.4, 0.5) is 5.82 Å². The maximum atomic E-state index is 10.5. The van der Waals surface area contributed by atoms with Gasteiger partial charge in [0.15, 0.2) is 0 Å². The van der Waals surface area contributed by atoms with Crippen molar-refractivity contribution in [2.24, 2.45) is 0 Å². The summed E-state index contributed by atoms with van der Waals surface area (Å²) in [5.41, 5.74) is 3.16. The van der Waals surface area contributed by atoms with Crippen LogP contribution in [0.1, 0.15) is 19.4 Å². The van der Waals surface area contributed by atoms with Crippen LogP contribution in [0.5, 0.6) is 0 Å². The number of amides is 1. The Bertz CT molecular complexity index is 719. The Labute approximate surface area is 124 Å². The molecule has 0 atom stereocenters. The van der Waals surface area contributed by atoms with Crippen LogP contribution in [-0.4, -0.2) is 23.3 Å². The van der Waals surface area contributed by atoms with Gasteiger partial charge in [0.25, 0.3) is 0 Å². The first-order valence-corrected chi connectivity index (χ1v) is 6.72. The monoisotopic (exact) mass is 281 g/mol. The number of benzene rings is 1. The Morgan fingerprint density at radius 2 is 2.10 bits per heavy atom. The standard InChI is InChI=1S/C17H19N3O/c1-5-16(20(4)12(2)3)13-6-7-14-10-18-17(19-11-21)9-15(14)8-13/h5-11H,2H2,1,3-4H3,(H,18,19,21)/b16-5-.